The molecule has 0 spiro atoms. The van der Waals surface area contributed by atoms with E-state index in [9.17, 15) is 9.59 Å². The molecule has 10 heteroatoms. The maximum atomic E-state index is 12.8. The Balaban J connectivity index is 2.06. The van der Waals surface area contributed by atoms with E-state index in [2.05, 4.69) is 10.6 Å². The third-order valence-corrected chi connectivity index (χ3v) is 4.89. The number of benzene rings is 2. The van der Waals surface area contributed by atoms with Crippen LogP contribution in [0.2, 0.25) is 0 Å². The summed E-state index contributed by atoms with van der Waals surface area (Å²) in [5.41, 5.74) is 6.88. The summed E-state index contributed by atoms with van der Waals surface area (Å²) in [6, 6.07) is 12.3. The largest absolute Gasteiger partial charge is 0.497 e. The summed E-state index contributed by atoms with van der Waals surface area (Å²) in [6.07, 6.45) is 0. The van der Waals surface area contributed by atoms with Crippen LogP contribution in [0.15, 0.2) is 42.5 Å². The highest BCUT2D eigenvalue weighted by molar-refractivity contribution is 5.85. The van der Waals surface area contributed by atoms with Crippen LogP contribution in [0.25, 0.3) is 0 Å². The summed E-state index contributed by atoms with van der Waals surface area (Å²) in [7, 11) is 3.12. The average Bonchev–Trinajstić information content (AvgIpc) is 2.88. The van der Waals surface area contributed by atoms with Gasteiger partial charge < -0.3 is 40.1 Å². The number of ether oxygens (including phenoxy) is 5. The normalized spacial score (nSPS) is 11.4. The summed E-state index contributed by atoms with van der Waals surface area (Å²) >= 11 is 0. The maximum Gasteiger partial charge on any atom is 0.246 e. The molecular formula is C25H35N3O7. The van der Waals surface area contributed by atoms with Crippen LogP contribution in [0.3, 0.4) is 0 Å². The van der Waals surface area contributed by atoms with Crippen molar-refractivity contribution >= 4 is 11.8 Å². The highest BCUT2D eigenvalue weighted by atomic mass is 16.5. The van der Waals surface area contributed by atoms with Crippen LogP contribution in [-0.2, 0) is 19.1 Å². The molecule has 2 amide bonds. The van der Waals surface area contributed by atoms with Crippen molar-refractivity contribution in [1.82, 2.24) is 10.6 Å². The van der Waals surface area contributed by atoms with Crippen LogP contribution in [0.5, 0.6) is 17.2 Å². The lowest BCUT2D eigenvalue weighted by molar-refractivity contribution is -0.129. The molecule has 0 bridgehead atoms. The zero-order valence-corrected chi connectivity index (χ0v) is 20.5. The number of nitrogens with one attached hydrogen (secondary N) is 2. The van der Waals surface area contributed by atoms with Gasteiger partial charge in [-0.05, 0) is 36.8 Å². The SMILES string of the molecule is CCOc1ccc(C(NC(=O)CNC(=O)COCCOCCN)c2ccc(OC)cc2OC)cc1. The topological polar surface area (TPSA) is 130 Å². The molecular weight excluding hydrogens is 454 g/mol. The summed E-state index contributed by atoms with van der Waals surface area (Å²) in [6.45, 7) is 3.55. The highest BCUT2D eigenvalue weighted by Gasteiger charge is 2.22. The van der Waals surface area contributed by atoms with Crippen LogP contribution in [0, 0.1) is 0 Å². The predicted molar refractivity (Wildman–Crippen MR) is 131 cm³/mol. The molecule has 1 unspecified atom stereocenters. The molecule has 1 atom stereocenters. The Morgan fingerprint density at radius 2 is 1.63 bits per heavy atom. The van der Waals surface area contributed by atoms with Crippen molar-refractivity contribution in [2.75, 3.05) is 60.3 Å². The monoisotopic (exact) mass is 489 g/mol. The molecule has 0 saturated carbocycles. The number of hydrogen-bond acceptors (Lipinski definition) is 8. The number of nitrogens with two attached hydrogens (primary N) is 1. The zero-order chi connectivity index (χ0) is 25.5. The van der Waals surface area contributed by atoms with Crippen molar-refractivity contribution in [1.29, 1.82) is 0 Å². The van der Waals surface area contributed by atoms with Gasteiger partial charge in [-0.25, -0.2) is 0 Å². The third-order valence-electron chi connectivity index (χ3n) is 4.89. The van der Waals surface area contributed by atoms with E-state index in [1.54, 1.807) is 26.4 Å². The molecule has 0 fully saturated rings. The van der Waals surface area contributed by atoms with Crippen molar-refractivity contribution in [3.05, 3.63) is 53.6 Å². The Morgan fingerprint density at radius 3 is 2.29 bits per heavy atom. The number of carbonyl (C=O) groups is 2. The van der Waals surface area contributed by atoms with E-state index in [0.29, 0.717) is 37.9 Å². The molecule has 0 heterocycles. The summed E-state index contributed by atoms with van der Waals surface area (Å²) in [4.78, 5) is 24.8. The lowest BCUT2D eigenvalue weighted by Gasteiger charge is -2.23. The van der Waals surface area contributed by atoms with Gasteiger partial charge in [0, 0.05) is 18.2 Å². The number of amides is 2. The smallest absolute Gasteiger partial charge is 0.246 e. The van der Waals surface area contributed by atoms with Gasteiger partial charge in [-0.1, -0.05) is 12.1 Å². The Morgan fingerprint density at radius 1 is 0.914 bits per heavy atom. The van der Waals surface area contributed by atoms with E-state index in [1.165, 1.54) is 0 Å². The first-order valence-electron chi connectivity index (χ1n) is 11.4. The van der Waals surface area contributed by atoms with Crippen molar-refractivity contribution in [3.63, 3.8) is 0 Å². The van der Waals surface area contributed by atoms with E-state index in [0.717, 1.165) is 16.9 Å². The van der Waals surface area contributed by atoms with Crippen LogP contribution < -0.4 is 30.6 Å². The maximum absolute atomic E-state index is 12.8. The Bertz CT molecular complexity index is 922. The summed E-state index contributed by atoms with van der Waals surface area (Å²) < 4.78 is 26.8. The van der Waals surface area contributed by atoms with Crippen LogP contribution in [0.1, 0.15) is 24.1 Å². The molecule has 0 aliphatic carbocycles. The fraction of sp³-hybridized carbons (Fsp3) is 0.440. The van der Waals surface area contributed by atoms with Gasteiger partial charge in [0.05, 0.1) is 53.2 Å². The van der Waals surface area contributed by atoms with E-state index >= 15 is 0 Å². The van der Waals surface area contributed by atoms with Gasteiger partial charge in [0.15, 0.2) is 0 Å². The lowest BCUT2D eigenvalue weighted by atomic mass is 9.97. The van der Waals surface area contributed by atoms with Crippen LogP contribution in [0.4, 0.5) is 0 Å². The molecule has 4 N–H and O–H groups in total. The molecule has 0 aliphatic heterocycles. The van der Waals surface area contributed by atoms with Gasteiger partial charge in [0.25, 0.3) is 0 Å². The minimum atomic E-state index is -0.535. The van der Waals surface area contributed by atoms with Gasteiger partial charge in [-0.15, -0.1) is 0 Å². The first-order valence-corrected chi connectivity index (χ1v) is 11.4. The quantitative estimate of drug-likeness (QED) is 0.302. The minimum Gasteiger partial charge on any atom is -0.497 e. The van der Waals surface area contributed by atoms with Gasteiger partial charge in [0.1, 0.15) is 23.9 Å². The van der Waals surface area contributed by atoms with E-state index in [1.807, 2.05) is 37.3 Å². The van der Waals surface area contributed by atoms with Gasteiger partial charge in [-0.2, -0.15) is 0 Å². The molecule has 2 aromatic rings. The predicted octanol–water partition coefficient (Wildman–Crippen LogP) is 1.42. The molecule has 0 saturated heterocycles. The molecule has 0 aliphatic rings. The van der Waals surface area contributed by atoms with E-state index in [4.69, 9.17) is 29.4 Å². The van der Waals surface area contributed by atoms with Gasteiger partial charge in [0.2, 0.25) is 11.8 Å². The van der Waals surface area contributed by atoms with Gasteiger partial charge in [-0.3, -0.25) is 9.59 Å². The second-order valence-electron chi connectivity index (χ2n) is 7.34. The Labute approximate surface area is 206 Å². The number of hydrogen-bond donors (Lipinski definition) is 3. The third kappa shape index (κ3) is 9.44. The fourth-order valence-electron chi connectivity index (χ4n) is 3.23. The molecule has 2 aromatic carbocycles. The first kappa shape index (κ1) is 27.9. The van der Waals surface area contributed by atoms with Crippen molar-refractivity contribution < 1.29 is 33.3 Å². The first-order chi connectivity index (χ1) is 17.0. The van der Waals surface area contributed by atoms with Crippen molar-refractivity contribution in [3.8, 4) is 17.2 Å². The van der Waals surface area contributed by atoms with Crippen LogP contribution in [-0.4, -0.2) is 72.2 Å². The van der Waals surface area contributed by atoms with E-state index < -0.39 is 11.9 Å². The lowest BCUT2D eigenvalue weighted by Crippen LogP contribution is -2.40. The average molecular weight is 490 g/mol. The molecule has 0 radical (unpaired) electrons. The Hall–Kier alpha value is -3.34. The molecule has 10 nitrogen and oxygen atoms in total. The summed E-state index contributed by atoms with van der Waals surface area (Å²) in [5.74, 6) is 1.13. The molecule has 0 aromatic heterocycles. The number of rotatable bonds is 16. The second-order valence-corrected chi connectivity index (χ2v) is 7.34. The van der Waals surface area contributed by atoms with Gasteiger partial charge >= 0.3 is 0 Å². The van der Waals surface area contributed by atoms with Crippen molar-refractivity contribution in [2.45, 2.75) is 13.0 Å². The zero-order valence-electron chi connectivity index (χ0n) is 20.5. The second kappa shape index (κ2) is 15.5. The Kier molecular flexibility index (Phi) is 12.4. The number of methoxy groups -OCH3 is 2. The molecule has 2 rings (SSSR count). The molecule has 35 heavy (non-hydrogen) atoms. The highest BCUT2D eigenvalue weighted by Crippen LogP contribution is 2.33. The summed E-state index contributed by atoms with van der Waals surface area (Å²) in [5, 5.41) is 5.53. The minimum absolute atomic E-state index is 0.173. The van der Waals surface area contributed by atoms with E-state index in [-0.39, 0.29) is 25.7 Å². The fourth-order valence-corrected chi connectivity index (χ4v) is 3.23. The van der Waals surface area contributed by atoms with Crippen molar-refractivity contribution in [2.24, 2.45) is 5.73 Å². The number of carbonyl (C=O) groups excluding carboxylic acids is 2. The standard InChI is InChI=1S/C25H35N3O7/c1-4-35-19-7-5-18(6-8-19)25(21-10-9-20(31-2)15-22(21)32-3)28-23(29)16-27-24(30)17-34-14-13-33-12-11-26/h5-10,15,25H,4,11-14,16-17,26H2,1-3H3,(H,27,30)(H,28,29). The molecule has 192 valence electrons. The van der Waals surface area contributed by atoms with Crippen LogP contribution >= 0.6 is 0 Å².